The van der Waals surface area contributed by atoms with Crippen LogP contribution in [0.5, 0.6) is 0 Å². The molecule has 136 valence electrons. The van der Waals surface area contributed by atoms with Crippen LogP contribution in [0.25, 0.3) is 11.4 Å². The van der Waals surface area contributed by atoms with Gasteiger partial charge in [-0.05, 0) is 31.5 Å². The number of anilines is 1. The molecule has 3 aromatic rings. The molecule has 4 rings (SSSR count). The fraction of sp³-hybridized carbons (Fsp3) is 0.150. The van der Waals surface area contributed by atoms with Crippen LogP contribution in [-0.2, 0) is 4.79 Å². The summed E-state index contributed by atoms with van der Waals surface area (Å²) in [5, 5.41) is 8.41. The Morgan fingerprint density at radius 3 is 2.67 bits per heavy atom. The van der Waals surface area contributed by atoms with Gasteiger partial charge in [0, 0.05) is 16.3 Å². The number of aryl methyl sites for hydroxylation is 1. The summed E-state index contributed by atoms with van der Waals surface area (Å²) in [6.45, 7) is 3.82. The van der Waals surface area contributed by atoms with Crippen LogP contribution in [0, 0.1) is 6.92 Å². The third-order valence-corrected chi connectivity index (χ3v) is 4.79. The maximum absolute atomic E-state index is 12.2. The number of rotatable bonds is 3. The zero-order chi connectivity index (χ0) is 19.1. The number of hydrogen-bond donors (Lipinski definition) is 2. The molecule has 0 radical (unpaired) electrons. The molecule has 2 aromatic carbocycles. The van der Waals surface area contributed by atoms with E-state index in [2.05, 4.69) is 15.4 Å². The zero-order valence-electron chi connectivity index (χ0n) is 14.9. The maximum Gasteiger partial charge on any atom is 0.248 e. The van der Waals surface area contributed by atoms with Crippen LogP contribution < -0.4 is 11.1 Å². The number of carbonyl (C=O) groups excluding carboxylic acids is 1. The van der Waals surface area contributed by atoms with E-state index in [1.807, 2.05) is 50.2 Å². The van der Waals surface area contributed by atoms with Crippen molar-refractivity contribution in [2.24, 2.45) is 5.73 Å². The number of fused-ring (bicyclic) bond motifs is 1. The first-order valence-electron chi connectivity index (χ1n) is 8.50. The quantitative estimate of drug-likeness (QED) is 0.726. The van der Waals surface area contributed by atoms with Gasteiger partial charge < -0.3 is 11.1 Å². The highest BCUT2D eigenvalue weighted by molar-refractivity contribution is 6.30. The minimum absolute atomic E-state index is 0.445. The van der Waals surface area contributed by atoms with Crippen LogP contribution in [0.4, 0.5) is 5.95 Å². The second-order valence-corrected chi connectivity index (χ2v) is 6.99. The smallest absolute Gasteiger partial charge is 0.248 e. The molecule has 0 spiro atoms. The first-order chi connectivity index (χ1) is 12.9. The van der Waals surface area contributed by atoms with Crippen LogP contribution in [0.1, 0.15) is 24.1 Å². The summed E-state index contributed by atoms with van der Waals surface area (Å²) in [7, 11) is 0. The first kappa shape index (κ1) is 17.3. The lowest BCUT2D eigenvalue weighted by Crippen LogP contribution is -2.31. The van der Waals surface area contributed by atoms with E-state index in [0.29, 0.717) is 28.1 Å². The molecule has 27 heavy (non-hydrogen) atoms. The standard InChI is InChI=1S/C20H18ClN5O/c1-11-5-3-6-13(9-11)17-16(18(22)27)12(2)23-20-24-19(25-26(17)20)14-7-4-8-15(21)10-14/h3-10,17H,1-2H3,(H2,22,27)(H,23,24,25). The average Bonchev–Trinajstić information content (AvgIpc) is 3.03. The molecule has 1 atom stereocenters. The Kier molecular flexibility index (Phi) is 4.20. The van der Waals surface area contributed by atoms with E-state index in [1.165, 1.54) is 0 Å². The van der Waals surface area contributed by atoms with Gasteiger partial charge >= 0.3 is 0 Å². The SMILES string of the molecule is CC1=C(C(N)=O)C(c2cccc(C)c2)n2nc(-c3cccc(Cl)c3)nc2N1. The monoisotopic (exact) mass is 379 g/mol. The number of amides is 1. The Labute approximate surface area is 161 Å². The summed E-state index contributed by atoms with van der Waals surface area (Å²) >= 11 is 6.10. The molecular formula is C20H18ClN5O. The van der Waals surface area contributed by atoms with E-state index in [4.69, 9.17) is 17.3 Å². The van der Waals surface area contributed by atoms with Gasteiger partial charge in [-0.15, -0.1) is 5.10 Å². The molecule has 0 saturated heterocycles. The number of primary amides is 1. The number of nitrogens with one attached hydrogen (secondary N) is 1. The highest BCUT2D eigenvalue weighted by Gasteiger charge is 2.33. The minimum Gasteiger partial charge on any atom is -0.366 e. The molecule has 1 aromatic heterocycles. The van der Waals surface area contributed by atoms with Crippen molar-refractivity contribution in [3.63, 3.8) is 0 Å². The third-order valence-electron chi connectivity index (χ3n) is 4.56. The van der Waals surface area contributed by atoms with Crippen molar-refractivity contribution >= 4 is 23.5 Å². The van der Waals surface area contributed by atoms with Gasteiger partial charge in [-0.25, -0.2) is 4.68 Å². The molecule has 2 heterocycles. The number of carbonyl (C=O) groups is 1. The van der Waals surface area contributed by atoms with Crippen LogP contribution in [0.3, 0.4) is 0 Å². The molecule has 0 saturated carbocycles. The van der Waals surface area contributed by atoms with Crippen molar-refractivity contribution in [2.75, 3.05) is 5.32 Å². The van der Waals surface area contributed by atoms with Gasteiger partial charge in [0.15, 0.2) is 5.82 Å². The van der Waals surface area contributed by atoms with Gasteiger partial charge in [0.05, 0.1) is 5.57 Å². The van der Waals surface area contributed by atoms with E-state index < -0.39 is 11.9 Å². The van der Waals surface area contributed by atoms with Crippen molar-refractivity contribution in [3.05, 3.63) is 76.0 Å². The van der Waals surface area contributed by atoms with Crippen LogP contribution in [-0.4, -0.2) is 20.7 Å². The molecule has 1 amide bonds. The predicted octanol–water partition coefficient (Wildman–Crippen LogP) is 3.68. The Morgan fingerprint density at radius 1 is 1.19 bits per heavy atom. The summed E-state index contributed by atoms with van der Waals surface area (Å²) in [6, 6.07) is 14.8. The molecule has 0 bridgehead atoms. The summed E-state index contributed by atoms with van der Waals surface area (Å²) in [5.41, 5.74) is 9.65. The lowest BCUT2D eigenvalue weighted by Gasteiger charge is -2.27. The largest absolute Gasteiger partial charge is 0.366 e. The Bertz CT molecular complexity index is 1090. The topological polar surface area (TPSA) is 85.8 Å². The minimum atomic E-state index is -0.489. The summed E-state index contributed by atoms with van der Waals surface area (Å²) in [6.07, 6.45) is 0. The van der Waals surface area contributed by atoms with Crippen LogP contribution >= 0.6 is 11.6 Å². The fourth-order valence-electron chi connectivity index (χ4n) is 3.37. The molecule has 1 aliphatic rings. The van der Waals surface area contributed by atoms with Gasteiger partial charge in [0.25, 0.3) is 0 Å². The van der Waals surface area contributed by atoms with E-state index in [-0.39, 0.29) is 0 Å². The van der Waals surface area contributed by atoms with E-state index in [1.54, 1.807) is 16.8 Å². The third kappa shape index (κ3) is 3.08. The Morgan fingerprint density at radius 2 is 1.96 bits per heavy atom. The summed E-state index contributed by atoms with van der Waals surface area (Å²) in [4.78, 5) is 16.8. The molecule has 6 nitrogen and oxygen atoms in total. The second kappa shape index (κ2) is 6.55. The van der Waals surface area contributed by atoms with Crippen molar-refractivity contribution in [2.45, 2.75) is 19.9 Å². The molecule has 7 heteroatoms. The van der Waals surface area contributed by atoms with Crippen molar-refractivity contribution < 1.29 is 4.79 Å². The number of halogens is 1. The Balaban J connectivity index is 1.90. The molecule has 1 aliphatic heterocycles. The van der Waals surface area contributed by atoms with Gasteiger partial charge in [-0.1, -0.05) is 53.6 Å². The van der Waals surface area contributed by atoms with Crippen LogP contribution in [0.15, 0.2) is 59.8 Å². The second-order valence-electron chi connectivity index (χ2n) is 6.56. The molecular weight excluding hydrogens is 362 g/mol. The predicted molar refractivity (Wildman–Crippen MR) is 105 cm³/mol. The van der Waals surface area contributed by atoms with E-state index in [9.17, 15) is 4.79 Å². The van der Waals surface area contributed by atoms with Crippen molar-refractivity contribution in [1.82, 2.24) is 14.8 Å². The molecule has 1 unspecified atom stereocenters. The summed E-state index contributed by atoms with van der Waals surface area (Å²) < 4.78 is 1.71. The van der Waals surface area contributed by atoms with Gasteiger partial charge in [-0.3, -0.25) is 4.79 Å². The highest BCUT2D eigenvalue weighted by Crippen LogP contribution is 2.36. The van der Waals surface area contributed by atoms with Crippen molar-refractivity contribution in [1.29, 1.82) is 0 Å². The highest BCUT2D eigenvalue weighted by atomic mass is 35.5. The molecule has 0 aliphatic carbocycles. The Hall–Kier alpha value is -3.12. The van der Waals surface area contributed by atoms with E-state index in [0.717, 1.165) is 16.7 Å². The number of benzene rings is 2. The first-order valence-corrected chi connectivity index (χ1v) is 8.88. The van der Waals surface area contributed by atoms with E-state index >= 15 is 0 Å². The lowest BCUT2D eigenvalue weighted by atomic mass is 9.94. The lowest BCUT2D eigenvalue weighted by molar-refractivity contribution is -0.115. The summed E-state index contributed by atoms with van der Waals surface area (Å²) in [5.74, 6) is 0.590. The fourth-order valence-corrected chi connectivity index (χ4v) is 3.56. The number of allylic oxidation sites excluding steroid dienone is 1. The normalized spacial score (nSPS) is 16.0. The number of nitrogens with two attached hydrogens (primary N) is 1. The zero-order valence-corrected chi connectivity index (χ0v) is 15.7. The average molecular weight is 380 g/mol. The van der Waals surface area contributed by atoms with Gasteiger partial charge in [0.1, 0.15) is 6.04 Å². The van der Waals surface area contributed by atoms with Gasteiger partial charge in [0.2, 0.25) is 11.9 Å². The van der Waals surface area contributed by atoms with Gasteiger partial charge in [-0.2, -0.15) is 4.98 Å². The molecule has 3 N–H and O–H groups in total. The number of hydrogen-bond acceptors (Lipinski definition) is 4. The number of nitrogens with zero attached hydrogens (tertiary/aromatic N) is 3. The van der Waals surface area contributed by atoms with Crippen LogP contribution in [0.2, 0.25) is 5.02 Å². The maximum atomic E-state index is 12.2. The number of aromatic nitrogens is 3. The molecule has 0 fully saturated rings. The van der Waals surface area contributed by atoms with Crippen molar-refractivity contribution in [3.8, 4) is 11.4 Å².